The van der Waals surface area contributed by atoms with Gasteiger partial charge in [-0.2, -0.15) is 0 Å². The number of nitrogens with one attached hydrogen (secondary N) is 1. The lowest BCUT2D eigenvalue weighted by atomic mass is 10.2. The van der Waals surface area contributed by atoms with Gasteiger partial charge in [-0.05, 0) is 0 Å². The van der Waals surface area contributed by atoms with Gasteiger partial charge in [0.15, 0.2) is 0 Å². The van der Waals surface area contributed by atoms with Gasteiger partial charge < -0.3 is 14.9 Å². The lowest BCUT2D eigenvalue weighted by Crippen LogP contribution is -2.13. The zero-order chi connectivity index (χ0) is 8.55. The second-order valence-corrected chi connectivity index (χ2v) is 2.42. The van der Waals surface area contributed by atoms with E-state index < -0.39 is 0 Å². The van der Waals surface area contributed by atoms with Crippen LogP contribution in [0.15, 0.2) is 16.0 Å². The molecule has 62 valence electrons. The molecule has 2 N–H and O–H groups in total. The monoisotopic (exact) mass is 166 g/mol. The van der Waals surface area contributed by atoms with E-state index >= 15 is 0 Å². The predicted molar refractivity (Wildman–Crippen MR) is 41.1 cm³/mol. The topological polar surface area (TPSA) is 74.7 Å². The van der Waals surface area contributed by atoms with E-state index in [1.807, 2.05) is 0 Å². The Bertz CT molecular complexity index is 394. The van der Waals surface area contributed by atoms with E-state index in [-0.39, 0.29) is 17.9 Å². The molecule has 0 spiro atoms. The summed E-state index contributed by atoms with van der Waals surface area (Å²) in [6.07, 6.45) is 1.36. The van der Waals surface area contributed by atoms with Crippen molar-refractivity contribution in [2.45, 2.75) is 6.61 Å². The van der Waals surface area contributed by atoms with Gasteiger partial charge in [-0.25, -0.2) is 0 Å². The largest absolute Gasteiger partial charge is 0.507 e. The van der Waals surface area contributed by atoms with Crippen molar-refractivity contribution < 1.29 is 9.94 Å². The summed E-state index contributed by atoms with van der Waals surface area (Å²) in [6, 6.07) is 1.11. The first-order valence-electron chi connectivity index (χ1n) is 3.38. The maximum atomic E-state index is 10.8. The molecule has 2 heterocycles. The number of H-pyrrole nitrogens is 1. The Morgan fingerprint density at radius 2 is 2.50 bits per heavy atom. The minimum atomic E-state index is -0.348. The average molecular weight is 166 g/mol. The molecule has 2 rings (SSSR count). The minimum Gasteiger partial charge on any atom is -0.507 e. The van der Waals surface area contributed by atoms with Crippen molar-refractivity contribution in [2.75, 3.05) is 0 Å². The second-order valence-electron chi connectivity index (χ2n) is 2.42. The number of pyridine rings is 1. The summed E-state index contributed by atoms with van der Waals surface area (Å²) < 4.78 is 0. The van der Waals surface area contributed by atoms with Crippen LogP contribution in [0.3, 0.4) is 0 Å². The third-order valence-corrected chi connectivity index (χ3v) is 1.63. The summed E-state index contributed by atoms with van der Waals surface area (Å²) in [5, 5.41) is 12.8. The van der Waals surface area contributed by atoms with Crippen molar-refractivity contribution in [1.82, 2.24) is 4.98 Å². The lowest BCUT2D eigenvalue weighted by molar-refractivity contribution is 0.125. The van der Waals surface area contributed by atoms with Crippen LogP contribution in [0.5, 0.6) is 5.75 Å². The summed E-state index contributed by atoms with van der Waals surface area (Å²) in [5.41, 5.74) is 0.718. The molecule has 0 atom stereocenters. The van der Waals surface area contributed by atoms with Crippen molar-refractivity contribution >= 4 is 6.21 Å². The van der Waals surface area contributed by atoms with Crippen molar-refractivity contribution in [3.8, 4) is 5.75 Å². The van der Waals surface area contributed by atoms with Crippen molar-refractivity contribution in [1.29, 1.82) is 0 Å². The van der Waals surface area contributed by atoms with Crippen LogP contribution in [0.2, 0.25) is 0 Å². The average Bonchev–Trinajstić information content (AvgIpc) is 2.04. The molecule has 1 aliphatic rings. The van der Waals surface area contributed by atoms with Crippen molar-refractivity contribution in [3.63, 3.8) is 0 Å². The number of fused-ring (bicyclic) bond motifs is 1. The van der Waals surface area contributed by atoms with Crippen molar-refractivity contribution in [2.24, 2.45) is 5.16 Å². The number of aromatic nitrogens is 1. The molecule has 5 heteroatoms. The van der Waals surface area contributed by atoms with E-state index in [0.717, 1.165) is 6.07 Å². The van der Waals surface area contributed by atoms with Crippen LogP contribution >= 0.6 is 0 Å². The molecule has 0 bridgehead atoms. The Morgan fingerprint density at radius 1 is 1.67 bits per heavy atom. The zero-order valence-corrected chi connectivity index (χ0v) is 6.07. The summed E-state index contributed by atoms with van der Waals surface area (Å²) in [7, 11) is 0. The molecule has 12 heavy (non-hydrogen) atoms. The van der Waals surface area contributed by atoms with Gasteiger partial charge >= 0.3 is 0 Å². The van der Waals surface area contributed by atoms with E-state index in [2.05, 4.69) is 10.1 Å². The van der Waals surface area contributed by atoms with Crippen LogP contribution in [0.25, 0.3) is 0 Å². The molecule has 1 aromatic rings. The summed E-state index contributed by atoms with van der Waals surface area (Å²) in [4.78, 5) is 18.1. The molecule has 0 radical (unpaired) electrons. The third kappa shape index (κ3) is 0.952. The van der Waals surface area contributed by atoms with E-state index in [9.17, 15) is 9.90 Å². The SMILES string of the molecule is O=c1cc(O)c2c([nH]1)C=NOC2. The summed E-state index contributed by atoms with van der Waals surface area (Å²) in [5.74, 6) is -0.0556. The minimum absolute atomic E-state index is 0.0556. The Kier molecular flexibility index (Phi) is 1.36. The zero-order valence-electron chi connectivity index (χ0n) is 6.07. The lowest BCUT2D eigenvalue weighted by Gasteiger charge is -2.09. The van der Waals surface area contributed by atoms with Gasteiger partial charge in [0.25, 0.3) is 5.56 Å². The first-order valence-corrected chi connectivity index (χ1v) is 3.38. The highest BCUT2D eigenvalue weighted by Gasteiger charge is 2.12. The highest BCUT2D eigenvalue weighted by Crippen LogP contribution is 2.19. The molecule has 0 amide bonds. The number of rotatable bonds is 0. The fraction of sp³-hybridized carbons (Fsp3) is 0.143. The maximum Gasteiger partial charge on any atom is 0.252 e. The first kappa shape index (κ1) is 6.90. The fourth-order valence-electron chi connectivity index (χ4n) is 1.05. The summed E-state index contributed by atoms with van der Waals surface area (Å²) >= 11 is 0. The van der Waals surface area contributed by atoms with E-state index in [0.29, 0.717) is 11.3 Å². The van der Waals surface area contributed by atoms with Gasteiger partial charge in [0, 0.05) is 6.07 Å². The van der Waals surface area contributed by atoms with Gasteiger partial charge in [-0.3, -0.25) is 4.79 Å². The Hall–Kier alpha value is -1.78. The van der Waals surface area contributed by atoms with Gasteiger partial charge in [-0.15, -0.1) is 0 Å². The predicted octanol–water partition coefficient (Wildman–Crippen LogP) is -0.0554. The highest BCUT2D eigenvalue weighted by atomic mass is 16.6. The van der Waals surface area contributed by atoms with Crippen LogP contribution in [0, 0.1) is 0 Å². The number of aromatic hydroxyl groups is 1. The molecule has 1 aliphatic heterocycles. The van der Waals surface area contributed by atoms with Crippen LogP contribution < -0.4 is 5.56 Å². The van der Waals surface area contributed by atoms with E-state index in [1.54, 1.807) is 0 Å². The standard InChI is InChI=1S/C7H6N2O3/c10-6-1-7(11)9-5-2-8-12-3-4(5)6/h1-2H,3H2,(H2,9,10,11). The molecule has 0 saturated heterocycles. The van der Waals surface area contributed by atoms with Crippen LogP contribution in [-0.2, 0) is 11.4 Å². The Labute approximate surface area is 67.3 Å². The molecule has 1 aromatic heterocycles. The third-order valence-electron chi connectivity index (χ3n) is 1.63. The highest BCUT2D eigenvalue weighted by molar-refractivity contribution is 5.80. The number of aromatic amines is 1. The van der Waals surface area contributed by atoms with Crippen molar-refractivity contribution in [3.05, 3.63) is 27.7 Å². The van der Waals surface area contributed by atoms with Crippen LogP contribution in [-0.4, -0.2) is 16.3 Å². The van der Waals surface area contributed by atoms with E-state index in [4.69, 9.17) is 4.84 Å². The van der Waals surface area contributed by atoms with Gasteiger partial charge in [0.1, 0.15) is 12.4 Å². The Morgan fingerprint density at radius 3 is 3.33 bits per heavy atom. The van der Waals surface area contributed by atoms with Gasteiger partial charge in [-0.1, -0.05) is 5.16 Å². The summed E-state index contributed by atoms with van der Waals surface area (Å²) in [6.45, 7) is 0.189. The molecule has 0 aliphatic carbocycles. The normalized spacial score (nSPS) is 13.7. The smallest absolute Gasteiger partial charge is 0.252 e. The molecular formula is C7H6N2O3. The quantitative estimate of drug-likeness (QED) is 0.567. The van der Waals surface area contributed by atoms with Gasteiger partial charge in [0.05, 0.1) is 17.5 Å². The number of hydrogen-bond donors (Lipinski definition) is 2. The number of nitrogens with zero attached hydrogens (tertiary/aromatic N) is 1. The molecule has 0 unspecified atom stereocenters. The number of oxime groups is 1. The first-order chi connectivity index (χ1) is 5.77. The Balaban J connectivity index is 2.70. The maximum absolute atomic E-state index is 10.8. The second kappa shape index (κ2) is 2.37. The molecule has 0 saturated carbocycles. The van der Waals surface area contributed by atoms with Crippen LogP contribution in [0.4, 0.5) is 0 Å². The number of hydrogen-bond acceptors (Lipinski definition) is 4. The molecule has 5 nitrogen and oxygen atoms in total. The molecular weight excluding hydrogens is 160 g/mol. The van der Waals surface area contributed by atoms with Gasteiger partial charge in [0.2, 0.25) is 0 Å². The van der Waals surface area contributed by atoms with Crippen LogP contribution in [0.1, 0.15) is 11.3 Å². The van der Waals surface area contributed by atoms with E-state index in [1.165, 1.54) is 6.21 Å². The molecule has 0 fully saturated rings. The molecule has 0 aromatic carbocycles. The fourth-order valence-corrected chi connectivity index (χ4v) is 1.05.